The average Bonchev–Trinajstić information content (AvgIpc) is 2.17. The average molecular weight is 213 g/mol. The van der Waals surface area contributed by atoms with Crippen LogP contribution in [0.4, 0.5) is 13.2 Å². The molecule has 0 aliphatic rings. The van der Waals surface area contributed by atoms with Crippen LogP contribution in [0.5, 0.6) is 0 Å². The Balaban J connectivity index is 2.94. The van der Waals surface area contributed by atoms with Crippen molar-refractivity contribution < 1.29 is 18.0 Å². The molecule has 0 unspecified atom stereocenters. The minimum atomic E-state index is -4.40. The Kier molecular flexibility index (Phi) is 3.45. The van der Waals surface area contributed by atoms with Crippen molar-refractivity contribution in [3.63, 3.8) is 0 Å². The lowest BCUT2D eigenvalue weighted by molar-refractivity contribution is -0.137. The molecule has 0 aliphatic carbocycles. The first-order valence-electron chi connectivity index (χ1n) is 4.00. The molecule has 1 heterocycles. The molecular weight excluding hydrogens is 207 g/mol. The third-order valence-corrected chi connectivity index (χ3v) is 1.49. The molecule has 1 aromatic rings. The maximum atomic E-state index is 12.2. The van der Waals surface area contributed by atoms with Gasteiger partial charge in [-0.1, -0.05) is 5.92 Å². The maximum absolute atomic E-state index is 12.2. The third-order valence-electron chi connectivity index (χ3n) is 1.49. The fourth-order valence-corrected chi connectivity index (χ4v) is 0.858. The minimum absolute atomic E-state index is 0.00618. The summed E-state index contributed by atoms with van der Waals surface area (Å²) in [6.07, 6.45) is -2.81. The SMILES string of the molecule is O=CCC#Cc1cc(C(F)(F)F)ccn1. The lowest BCUT2D eigenvalue weighted by Gasteiger charge is -2.05. The summed E-state index contributed by atoms with van der Waals surface area (Å²) in [6, 6.07) is 1.71. The second kappa shape index (κ2) is 4.60. The zero-order valence-electron chi connectivity index (χ0n) is 7.51. The van der Waals surface area contributed by atoms with E-state index >= 15 is 0 Å². The first kappa shape index (κ1) is 11.2. The first-order chi connectivity index (χ1) is 7.04. The molecule has 0 bridgehead atoms. The molecule has 0 radical (unpaired) electrons. The Morgan fingerprint density at radius 3 is 2.80 bits per heavy atom. The second-order valence-corrected chi connectivity index (χ2v) is 2.60. The van der Waals surface area contributed by atoms with Crippen molar-refractivity contribution in [1.29, 1.82) is 0 Å². The van der Waals surface area contributed by atoms with E-state index in [1.807, 2.05) is 0 Å². The Hall–Kier alpha value is -1.83. The van der Waals surface area contributed by atoms with Crippen LogP contribution in [0.2, 0.25) is 0 Å². The first-order valence-corrected chi connectivity index (χ1v) is 4.00. The number of alkyl halides is 3. The quantitative estimate of drug-likeness (QED) is 0.527. The van der Waals surface area contributed by atoms with Crippen LogP contribution >= 0.6 is 0 Å². The van der Waals surface area contributed by atoms with Crippen molar-refractivity contribution in [3.8, 4) is 11.8 Å². The minimum Gasteiger partial charge on any atom is -0.302 e. The summed E-state index contributed by atoms with van der Waals surface area (Å²) in [6.45, 7) is 0. The van der Waals surface area contributed by atoms with Gasteiger partial charge in [0.2, 0.25) is 0 Å². The predicted molar refractivity (Wildman–Crippen MR) is 46.8 cm³/mol. The van der Waals surface area contributed by atoms with Gasteiger partial charge in [0.25, 0.3) is 0 Å². The Labute approximate surface area is 84.1 Å². The molecule has 78 valence electrons. The van der Waals surface area contributed by atoms with Crippen LogP contribution in [0, 0.1) is 11.8 Å². The molecule has 15 heavy (non-hydrogen) atoms. The summed E-state index contributed by atoms with van der Waals surface area (Å²) >= 11 is 0. The van der Waals surface area contributed by atoms with E-state index in [1.165, 1.54) is 0 Å². The third kappa shape index (κ3) is 3.43. The molecule has 1 aromatic heterocycles. The van der Waals surface area contributed by atoms with Gasteiger partial charge in [0, 0.05) is 6.20 Å². The smallest absolute Gasteiger partial charge is 0.302 e. The summed E-state index contributed by atoms with van der Waals surface area (Å²) in [5.41, 5.74) is -0.792. The van der Waals surface area contributed by atoms with Gasteiger partial charge in [0.05, 0.1) is 12.0 Å². The lowest BCUT2D eigenvalue weighted by atomic mass is 10.2. The zero-order chi connectivity index (χ0) is 11.3. The van der Waals surface area contributed by atoms with Gasteiger partial charge in [-0.05, 0) is 18.1 Å². The van der Waals surface area contributed by atoms with Crippen LogP contribution in [0.25, 0.3) is 0 Å². The van der Waals surface area contributed by atoms with Crippen molar-refractivity contribution in [1.82, 2.24) is 4.98 Å². The molecule has 2 nitrogen and oxygen atoms in total. The van der Waals surface area contributed by atoms with Gasteiger partial charge in [-0.15, -0.1) is 0 Å². The number of hydrogen-bond acceptors (Lipinski definition) is 2. The Morgan fingerprint density at radius 2 is 2.20 bits per heavy atom. The highest BCUT2D eigenvalue weighted by molar-refractivity contribution is 5.54. The monoisotopic (exact) mass is 213 g/mol. The number of carbonyl (C=O) groups excluding carboxylic acids is 1. The lowest BCUT2D eigenvalue weighted by Crippen LogP contribution is -2.05. The van der Waals surface area contributed by atoms with Gasteiger partial charge in [0.15, 0.2) is 0 Å². The van der Waals surface area contributed by atoms with E-state index < -0.39 is 11.7 Å². The Morgan fingerprint density at radius 1 is 1.47 bits per heavy atom. The van der Waals surface area contributed by atoms with Crippen LogP contribution in [0.15, 0.2) is 18.3 Å². The van der Waals surface area contributed by atoms with Crippen molar-refractivity contribution >= 4 is 6.29 Å². The maximum Gasteiger partial charge on any atom is 0.416 e. The molecule has 0 amide bonds. The van der Waals surface area contributed by atoms with Gasteiger partial charge in [-0.2, -0.15) is 13.2 Å². The van der Waals surface area contributed by atoms with E-state index in [1.54, 1.807) is 0 Å². The molecular formula is C10H6F3NO. The summed E-state index contributed by atoms with van der Waals surface area (Å²) in [5.74, 6) is 4.75. The van der Waals surface area contributed by atoms with E-state index in [9.17, 15) is 18.0 Å². The predicted octanol–water partition coefficient (Wildman–Crippen LogP) is 2.04. The molecule has 0 N–H and O–H groups in total. The molecule has 0 aromatic carbocycles. The molecule has 0 spiro atoms. The van der Waals surface area contributed by atoms with Gasteiger partial charge >= 0.3 is 6.18 Å². The van der Waals surface area contributed by atoms with Gasteiger partial charge < -0.3 is 4.79 Å². The number of rotatable bonds is 1. The molecule has 0 saturated heterocycles. The van der Waals surface area contributed by atoms with Crippen LogP contribution < -0.4 is 0 Å². The summed E-state index contributed by atoms with van der Waals surface area (Å²) in [5, 5.41) is 0. The van der Waals surface area contributed by atoms with E-state index in [0.717, 1.165) is 18.3 Å². The molecule has 0 atom stereocenters. The standard InChI is InChI=1S/C10H6F3NO/c11-10(12,13)8-4-5-14-9(7-8)3-1-2-6-15/h4-7H,2H2. The summed E-state index contributed by atoms with van der Waals surface area (Å²) in [7, 11) is 0. The van der Waals surface area contributed by atoms with E-state index in [4.69, 9.17) is 0 Å². The number of halogens is 3. The highest BCUT2D eigenvalue weighted by Crippen LogP contribution is 2.28. The number of pyridine rings is 1. The van der Waals surface area contributed by atoms with Crippen molar-refractivity contribution in [2.45, 2.75) is 12.6 Å². The number of carbonyl (C=O) groups is 1. The van der Waals surface area contributed by atoms with Crippen molar-refractivity contribution in [3.05, 3.63) is 29.6 Å². The van der Waals surface area contributed by atoms with E-state index in [-0.39, 0.29) is 12.1 Å². The van der Waals surface area contributed by atoms with Gasteiger partial charge in [-0.25, -0.2) is 4.98 Å². The van der Waals surface area contributed by atoms with Gasteiger partial charge in [-0.3, -0.25) is 0 Å². The number of nitrogens with zero attached hydrogens (tertiary/aromatic N) is 1. The number of hydrogen-bond donors (Lipinski definition) is 0. The number of aldehydes is 1. The van der Waals surface area contributed by atoms with Crippen molar-refractivity contribution in [2.24, 2.45) is 0 Å². The molecule has 5 heteroatoms. The topological polar surface area (TPSA) is 30.0 Å². The number of aromatic nitrogens is 1. The largest absolute Gasteiger partial charge is 0.416 e. The fraction of sp³-hybridized carbons (Fsp3) is 0.200. The van der Waals surface area contributed by atoms with Crippen molar-refractivity contribution in [2.75, 3.05) is 0 Å². The Bertz CT molecular complexity index is 415. The normalized spacial score (nSPS) is 10.3. The van der Waals surface area contributed by atoms with Crippen LogP contribution in [-0.2, 0) is 11.0 Å². The molecule has 0 saturated carbocycles. The molecule has 0 fully saturated rings. The van der Waals surface area contributed by atoms with E-state index in [2.05, 4.69) is 16.8 Å². The summed E-state index contributed by atoms with van der Waals surface area (Å²) in [4.78, 5) is 13.6. The molecule has 1 rings (SSSR count). The zero-order valence-corrected chi connectivity index (χ0v) is 7.51. The van der Waals surface area contributed by atoms with Gasteiger partial charge in [0.1, 0.15) is 12.0 Å². The second-order valence-electron chi connectivity index (χ2n) is 2.60. The van der Waals surface area contributed by atoms with Crippen LogP contribution in [0.1, 0.15) is 17.7 Å². The van der Waals surface area contributed by atoms with Crippen LogP contribution in [0.3, 0.4) is 0 Å². The fourth-order valence-electron chi connectivity index (χ4n) is 0.858. The van der Waals surface area contributed by atoms with Crippen LogP contribution in [-0.4, -0.2) is 11.3 Å². The highest BCUT2D eigenvalue weighted by atomic mass is 19.4. The highest BCUT2D eigenvalue weighted by Gasteiger charge is 2.30. The molecule has 0 aliphatic heterocycles. The van der Waals surface area contributed by atoms with E-state index in [0.29, 0.717) is 6.29 Å². The summed E-state index contributed by atoms with van der Waals surface area (Å²) < 4.78 is 36.7.